The molecular weight excluding hydrogens is 365 g/mol. The number of rotatable bonds is 2. The maximum absolute atomic E-state index is 10.2. The third-order valence-corrected chi connectivity index (χ3v) is 0.594. The van der Waals surface area contributed by atoms with Gasteiger partial charge in [0, 0.05) is 60.2 Å². The molecule has 0 atom stereocenters. The van der Waals surface area contributed by atoms with E-state index in [4.69, 9.17) is 0 Å². The molecule has 0 spiro atoms. The molecule has 51 valence electrons. The summed E-state index contributed by atoms with van der Waals surface area (Å²) in [5.41, 5.74) is 0. The summed E-state index contributed by atoms with van der Waals surface area (Å²) in [4.78, 5) is 10.2. The van der Waals surface area contributed by atoms with E-state index in [0.29, 0.717) is 13.0 Å². The molecule has 0 aliphatic carbocycles. The predicted molar refractivity (Wildman–Crippen MR) is 26.9 cm³/mol. The van der Waals surface area contributed by atoms with Gasteiger partial charge in [-0.2, -0.15) is 0 Å². The van der Waals surface area contributed by atoms with E-state index in [1.165, 1.54) is 0 Å². The molecule has 4 heteroatoms. The van der Waals surface area contributed by atoms with Crippen molar-refractivity contribution in [3.05, 3.63) is 0 Å². The van der Waals surface area contributed by atoms with E-state index >= 15 is 0 Å². The van der Waals surface area contributed by atoms with Crippen LogP contribution in [-0.4, -0.2) is 12.6 Å². The third kappa shape index (κ3) is 12.5. The Labute approximate surface area is 95.2 Å². The second-order valence-electron chi connectivity index (χ2n) is 1.16. The Balaban J connectivity index is -0.000000180. The van der Waals surface area contributed by atoms with Gasteiger partial charge in [0.05, 0.1) is 6.61 Å². The Morgan fingerprint density at radius 3 is 2.00 bits per heavy atom. The summed E-state index contributed by atoms with van der Waals surface area (Å²) in [7, 11) is 0. The maximum Gasteiger partial charge on any atom is 0.305 e. The number of hydrogen-bond acceptors (Lipinski definition) is 2. The zero-order valence-electron chi connectivity index (χ0n) is 5.72. The van der Waals surface area contributed by atoms with Crippen LogP contribution in [0.15, 0.2) is 0 Å². The van der Waals surface area contributed by atoms with E-state index < -0.39 is 0 Å². The van der Waals surface area contributed by atoms with Gasteiger partial charge in [-0.1, -0.05) is 6.92 Å². The molecular formula is C5H10O2WY. The van der Waals surface area contributed by atoms with Crippen molar-refractivity contribution in [3.8, 4) is 0 Å². The normalized spacial score (nSPS) is 6.44. The average Bonchev–Trinajstić information content (AvgIpc) is 1.68. The fourth-order valence-electron chi connectivity index (χ4n) is 0.263. The van der Waals surface area contributed by atoms with Gasteiger partial charge >= 0.3 is 5.97 Å². The van der Waals surface area contributed by atoms with Gasteiger partial charge in [0.2, 0.25) is 0 Å². The van der Waals surface area contributed by atoms with Gasteiger partial charge in [0.25, 0.3) is 0 Å². The number of carbonyl (C=O) groups is 1. The topological polar surface area (TPSA) is 26.3 Å². The first kappa shape index (κ1) is 16.7. The Morgan fingerprint density at radius 2 is 1.89 bits per heavy atom. The van der Waals surface area contributed by atoms with Crippen LogP contribution in [0, 0.1) is 0 Å². The molecule has 0 fully saturated rings. The first-order valence-corrected chi connectivity index (χ1v) is 2.46. The minimum Gasteiger partial charge on any atom is -0.466 e. The van der Waals surface area contributed by atoms with Crippen LogP contribution in [0.1, 0.15) is 20.3 Å². The van der Waals surface area contributed by atoms with Crippen molar-refractivity contribution in [2.24, 2.45) is 0 Å². The number of carbonyl (C=O) groups excluding carboxylic acids is 1. The molecule has 2 nitrogen and oxygen atoms in total. The van der Waals surface area contributed by atoms with Crippen molar-refractivity contribution in [1.29, 1.82) is 0 Å². The van der Waals surface area contributed by atoms with E-state index in [-0.39, 0.29) is 59.7 Å². The molecule has 0 aromatic rings. The van der Waals surface area contributed by atoms with Crippen molar-refractivity contribution in [2.75, 3.05) is 6.61 Å². The molecule has 1 radical (unpaired) electrons. The van der Waals surface area contributed by atoms with Crippen LogP contribution < -0.4 is 0 Å². The number of ether oxygens (including phenoxy) is 1. The quantitative estimate of drug-likeness (QED) is 0.673. The van der Waals surface area contributed by atoms with E-state index in [9.17, 15) is 4.79 Å². The predicted octanol–water partition coefficient (Wildman–Crippen LogP) is 0.955. The first-order chi connectivity index (χ1) is 3.31. The summed E-state index contributed by atoms with van der Waals surface area (Å²) in [5.74, 6) is -0.123. The van der Waals surface area contributed by atoms with Crippen molar-refractivity contribution in [2.45, 2.75) is 20.3 Å². The number of esters is 1. The summed E-state index contributed by atoms with van der Waals surface area (Å²) in [5, 5.41) is 0. The summed E-state index contributed by atoms with van der Waals surface area (Å²) in [6, 6.07) is 0. The second-order valence-corrected chi connectivity index (χ2v) is 1.16. The van der Waals surface area contributed by atoms with Gasteiger partial charge < -0.3 is 4.74 Å². The van der Waals surface area contributed by atoms with Crippen molar-refractivity contribution < 1.29 is 63.3 Å². The molecule has 0 aliphatic heterocycles. The molecule has 0 rings (SSSR count). The van der Waals surface area contributed by atoms with Crippen LogP contribution >= 0.6 is 0 Å². The van der Waals surface area contributed by atoms with Crippen LogP contribution in [-0.2, 0) is 63.3 Å². The van der Waals surface area contributed by atoms with Crippen molar-refractivity contribution in [3.63, 3.8) is 0 Å². The molecule has 0 saturated carbocycles. The van der Waals surface area contributed by atoms with Crippen LogP contribution in [0.2, 0.25) is 0 Å². The molecule has 0 aliphatic rings. The fourth-order valence-corrected chi connectivity index (χ4v) is 0.263. The van der Waals surface area contributed by atoms with E-state index in [1.54, 1.807) is 13.8 Å². The molecule has 0 saturated heterocycles. The van der Waals surface area contributed by atoms with E-state index in [2.05, 4.69) is 4.74 Å². The first-order valence-electron chi connectivity index (χ1n) is 2.46. The SMILES string of the molecule is CCOC(=O)CC.[W].[Y]. The Morgan fingerprint density at radius 1 is 1.44 bits per heavy atom. The minimum absolute atomic E-state index is 0. The van der Waals surface area contributed by atoms with Crippen LogP contribution in [0.25, 0.3) is 0 Å². The summed E-state index contributed by atoms with van der Waals surface area (Å²) >= 11 is 0. The average molecular weight is 375 g/mol. The summed E-state index contributed by atoms with van der Waals surface area (Å²) < 4.78 is 4.55. The smallest absolute Gasteiger partial charge is 0.305 e. The van der Waals surface area contributed by atoms with Crippen LogP contribution in [0.3, 0.4) is 0 Å². The minimum atomic E-state index is -0.123. The summed E-state index contributed by atoms with van der Waals surface area (Å²) in [6.45, 7) is 4.07. The summed E-state index contributed by atoms with van der Waals surface area (Å²) in [6.07, 6.45) is 0.480. The molecule has 0 unspecified atom stereocenters. The largest absolute Gasteiger partial charge is 0.466 e. The molecule has 0 bridgehead atoms. The molecule has 0 heterocycles. The molecule has 0 aromatic heterocycles. The molecule has 0 amide bonds. The second kappa shape index (κ2) is 12.0. The van der Waals surface area contributed by atoms with Crippen LogP contribution in [0.5, 0.6) is 0 Å². The maximum atomic E-state index is 10.2. The third-order valence-electron chi connectivity index (χ3n) is 0.594. The Bertz CT molecular complexity index is 68.0. The van der Waals surface area contributed by atoms with Gasteiger partial charge in [0.15, 0.2) is 0 Å². The molecule has 0 N–H and O–H groups in total. The van der Waals surface area contributed by atoms with Crippen LogP contribution in [0.4, 0.5) is 0 Å². The van der Waals surface area contributed by atoms with Crippen molar-refractivity contribution in [1.82, 2.24) is 0 Å². The number of hydrogen-bond donors (Lipinski definition) is 0. The standard InChI is InChI=1S/C5H10O2.W.Y/c1-3-5(6)7-4-2;;/h3-4H2,1-2H3;;. The fraction of sp³-hybridized carbons (Fsp3) is 0.800. The van der Waals surface area contributed by atoms with Gasteiger partial charge in [-0.05, 0) is 6.92 Å². The van der Waals surface area contributed by atoms with Gasteiger partial charge in [-0.15, -0.1) is 0 Å². The van der Waals surface area contributed by atoms with Crippen molar-refractivity contribution >= 4 is 5.97 Å². The molecule has 0 aromatic carbocycles. The zero-order valence-corrected chi connectivity index (χ0v) is 11.5. The Kier molecular flexibility index (Phi) is 22.2. The molecule has 9 heavy (non-hydrogen) atoms. The van der Waals surface area contributed by atoms with E-state index in [0.717, 1.165) is 0 Å². The van der Waals surface area contributed by atoms with E-state index in [1.807, 2.05) is 0 Å². The van der Waals surface area contributed by atoms with Gasteiger partial charge in [0.1, 0.15) is 0 Å². The Hall–Kier alpha value is 1.26. The zero-order chi connectivity index (χ0) is 5.70. The monoisotopic (exact) mass is 375 g/mol. The van der Waals surface area contributed by atoms with Gasteiger partial charge in [-0.25, -0.2) is 0 Å². The van der Waals surface area contributed by atoms with Gasteiger partial charge in [-0.3, -0.25) is 4.79 Å².